The average molecular weight is 298 g/mol. The summed E-state index contributed by atoms with van der Waals surface area (Å²) in [5, 5.41) is 36.5. The first-order chi connectivity index (χ1) is 9.81. The lowest BCUT2D eigenvalue weighted by Crippen LogP contribution is -2.56. The predicted octanol–water partition coefficient (Wildman–Crippen LogP) is -0.684. The second-order valence-electron chi connectivity index (χ2n) is 4.61. The van der Waals surface area contributed by atoms with E-state index in [2.05, 4.69) is 10.9 Å². The number of carboxylic acid groups (broad SMARTS) is 2. The lowest BCUT2D eigenvalue weighted by Gasteiger charge is -2.21. The molecule has 116 valence electrons. The fourth-order valence-corrected chi connectivity index (χ4v) is 1.65. The van der Waals surface area contributed by atoms with Gasteiger partial charge in [-0.25, -0.2) is 10.9 Å². The van der Waals surface area contributed by atoms with Crippen LogP contribution in [-0.2, 0) is 16.0 Å². The molecule has 0 aliphatic carbocycles. The Hall–Kier alpha value is -2.16. The molecule has 0 saturated heterocycles. The van der Waals surface area contributed by atoms with E-state index in [4.69, 9.17) is 15.3 Å². The number of phenols is 1. The summed E-state index contributed by atoms with van der Waals surface area (Å²) >= 11 is 0. The number of carbonyl (C=O) groups is 2. The van der Waals surface area contributed by atoms with Crippen LogP contribution in [0.5, 0.6) is 5.75 Å². The number of nitrogens with one attached hydrogen (secondary N) is 2. The van der Waals surface area contributed by atoms with Gasteiger partial charge in [0.15, 0.2) is 0 Å². The highest BCUT2D eigenvalue weighted by molar-refractivity contribution is 5.75. The van der Waals surface area contributed by atoms with E-state index in [1.807, 2.05) is 0 Å². The summed E-state index contributed by atoms with van der Waals surface area (Å²) in [6, 6.07) is 3.57. The van der Waals surface area contributed by atoms with Crippen LogP contribution < -0.4 is 10.9 Å². The Bertz CT molecular complexity index is 488. The molecule has 6 N–H and O–H groups in total. The van der Waals surface area contributed by atoms with Crippen LogP contribution in [0.3, 0.4) is 0 Å². The molecule has 3 atom stereocenters. The predicted molar refractivity (Wildman–Crippen MR) is 72.6 cm³/mol. The Labute approximate surface area is 121 Å². The van der Waals surface area contributed by atoms with Crippen molar-refractivity contribution in [2.75, 3.05) is 0 Å². The Morgan fingerprint density at radius 3 is 2.10 bits per heavy atom. The second-order valence-corrected chi connectivity index (χ2v) is 4.61. The molecule has 0 saturated carbocycles. The lowest BCUT2D eigenvalue weighted by molar-refractivity contribution is -0.145. The quantitative estimate of drug-likeness (QED) is 0.347. The molecule has 0 spiro atoms. The van der Waals surface area contributed by atoms with Crippen molar-refractivity contribution in [3.8, 4) is 5.75 Å². The van der Waals surface area contributed by atoms with E-state index >= 15 is 0 Å². The van der Waals surface area contributed by atoms with Crippen molar-refractivity contribution in [1.82, 2.24) is 10.9 Å². The molecule has 0 bridgehead atoms. The van der Waals surface area contributed by atoms with Crippen molar-refractivity contribution in [1.29, 1.82) is 0 Å². The van der Waals surface area contributed by atoms with Crippen LogP contribution in [0.4, 0.5) is 0 Å². The van der Waals surface area contributed by atoms with Crippen LogP contribution in [0.1, 0.15) is 12.5 Å². The molecule has 1 aromatic rings. The number of rotatable bonds is 8. The van der Waals surface area contributed by atoms with Crippen LogP contribution in [0.15, 0.2) is 24.3 Å². The number of phenolic OH excluding ortho intramolecular Hbond substituents is 1. The van der Waals surface area contributed by atoms with Crippen LogP contribution in [0.25, 0.3) is 0 Å². The highest BCUT2D eigenvalue weighted by atomic mass is 16.4. The van der Waals surface area contributed by atoms with Gasteiger partial charge in [-0.15, -0.1) is 0 Å². The van der Waals surface area contributed by atoms with Gasteiger partial charge < -0.3 is 20.4 Å². The molecule has 0 aliphatic rings. The van der Waals surface area contributed by atoms with Gasteiger partial charge in [-0.1, -0.05) is 12.1 Å². The van der Waals surface area contributed by atoms with E-state index in [9.17, 15) is 14.7 Å². The maximum absolute atomic E-state index is 11.2. The van der Waals surface area contributed by atoms with Gasteiger partial charge in [0.05, 0.1) is 6.10 Å². The number of hydrazine groups is 1. The van der Waals surface area contributed by atoms with Crippen molar-refractivity contribution in [3.05, 3.63) is 29.8 Å². The van der Waals surface area contributed by atoms with Gasteiger partial charge in [-0.05, 0) is 31.0 Å². The molecule has 0 heterocycles. The van der Waals surface area contributed by atoms with Crippen LogP contribution in [0, 0.1) is 0 Å². The molecule has 0 fully saturated rings. The zero-order valence-electron chi connectivity index (χ0n) is 11.4. The Morgan fingerprint density at radius 1 is 1.10 bits per heavy atom. The van der Waals surface area contributed by atoms with Gasteiger partial charge in [-0.3, -0.25) is 9.59 Å². The van der Waals surface area contributed by atoms with E-state index in [0.717, 1.165) is 0 Å². The zero-order valence-corrected chi connectivity index (χ0v) is 11.4. The summed E-state index contributed by atoms with van der Waals surface area (Å²) in [5.74, 6) is -2.41. The number of hydrogen-bond donors (Lipinski definition) is 6. The van der Waals surface area contributed by atoms with Gasteiger partial charge in [0.2, 0.25) is 0 Å². The number of carboxylic acids is 2. The highest BCUT2D eigenvalue weighted by Gasteiger charge is 2.25. The first-order valence-corrected chi connectivity index (χ1v) is 6.24. The number of aliphatic hydroxyl groups excluding tert-OH is 1. The molecule has 0 radical (unpaired) electrons. The third-order valence-electron chi connectivity index (χ3n) is 2.84. The molecule has 0 amide bonds. The summed E-state index contributed by atoms with van der Waals surface area (Å²) < 4.78 is 0. The summed E-state index contributed by atoms with van der Waals surface area (Å²) in [5.41, 5.74) is 5.35. The molecule has 8 nitrogen and oxygen atoms in total. The van der Waals surface area contributed by atoms with Gasteiger partial charge >= 0.3 is 11.9 Å². The van der Waals surface area contributed by atoms with Crippen molar-refractivity contribution < 1.29 is 30.0 Å². The summed E-state index contributed by atoms with van der Waals surface area (Å²) in [7, 11) is 0. The number of aliphatic carboxylic acids is 2. The monoisotopic (exact) mass is 298 g/mol. The number of hydrogen-bond acceptors (Lipinski definition) is 6. The van der Waals surface area contributed by atoms with Gasteiger partial charge in [0.25, 0.3) is 0 Å². The van der Waals surface area contributed by atoms with Crippen molar-refractivity contribution in [2.45, 2.75) is 31.5 Å². The minimum Gasteiger partial charge on any atom is -0.508 e. The van der Waals surface area contributed by atoms with Gasteiger partial charge in [0.1, 0.15) is 17.8 Å². The number of benzene rings is 1. The summed E-state index contributed by atoms with van der Waals surface area (Å²) in [4.78, 5) is 22.0. The Balaban J connectivity index is 2.67. The fraction of sp³-hybridized carbons (Fsp3) is 0.385. The molecule has 1 rings (SSSR count). The molecule has 21 heavy (non-hydrogen) atoms. The van der Waals surface area contributed by atoms with Crippen LogP contribution in [-0.4, -0.2) is 50.6 Å². The third-order valence-corrected chi connectivity index (χ3v) is 2.84. The molecule has 1 aromatic carbocycles. The zero-order chi connectivity index (χ0) is 16.0. The van der Waals surface area contributed by atoms with E-state index < -0.39 is 30.1 Å². The van der Waals surface area contributed by atoms with Crippen molar-refractivity contribution >= 4 is 11.9 Å². The maximum atomic E-state index is 11.2. The smallest absolute Gasteiger partial charge is 0.324 e. The molecular formula is C13H18N2O6. The molecule has 0 unspecified atom stereocenters. The molecular weight excluding hydrogens is 280 g/mol. The molecule has 8 heteroatoms. The van der Waals surface area contributed by atoms with E-state index in [-0.39, 0.29) is 12.2 Å². The van der Waals surface area contributed by atoms with Crippen molar-refractivity contribution in [3.63, 3.8) is 0 Å². The number of aromatic hydroxyl groups is 1. The maximum Gasteiger partial charge on any atom is 0.324 e. The minimum atomic E-state index is -1.33. The van der Waals surface area contributed by atoms with Gasteiger partial charge in [-0.2, -0.15) is 0 Å². The average Bonchev–Trinajstić information content (AvgIpc) is 2.38. The van der Waals surface area contributed by atoms with Crippen molar-refractivity contribution in [2.24, 2.45) is 0 Å². The van der Waals surface area contributed by atoms with Crippen LogP contribution in [0.2, 0.25) is 0 Å². The van der Waals surface area contributed by atoms with E-state index in [1.165, 1.54) is 19.1 Å². The lowest BCUT2D eigenvalue weighted by atomic mass is 10.1. The van der Waals surface area contributed by atoms with E-state index in [0.29, 0.717) is 5.56 Å². The van der Waals surface area contributed by atoms with Gasteiger partial charge in [0, 0.05) is 0 Å². The molecule has 0 aliphatic heterocycles. The first-order valence-electron chi connectivity index (χ1n) is 6.24. The third kappa shape index (κ3) is 5.38. The number of aliphatic hydroxyl groups is 1. The molecule has 0 aromatic heterocycles. The van der Waals surface area contributed by atoms with Crippen LogP contribution >= 0.6 is 0 Å². The fourth-order valence-electron chi connectivity index (χ4n) is 1.65. The summed E-state index contributed by atoms with van der Waals surface area (Å²) in [6.45, 7) is 1.28. The minimum absolute atomic E-state index is 0.0664. The first kappa shape index (κ1) is 16.9. The Kier molecular flexibility index (Phi) is 6.10. The van der Waals surface area contributed by atoms with E-state index in [1.54, 1.807) is 12.1 Å². The topological polar surface area (TPSA) is 139 Å². The standard InChI is InChI=1S/C13H18N2O6/c1-7(16)11(13(20)21)15-14-10(12(18)19)6-8-2-4-9(17)5-3-8/h2-5,7,10-11,14-17H,6H2,1H3,(H,18,19)(H,20,21)/t7-,10+,11+/m1/s1. The largest absolute Gasteiger partial charge is 0.508 e. The Morgan fingerprint density at radius 2 is 1.67 bits per heavy atom. The highest BCUT2D eigenvalue weighted by Crippen LogP contribution is 2.11. The second kappa shape index (κ2) is 7.58. The SMILES string of the molecule is C[C@@H](O)[C@H](NN[C@@H](Cc1ccc(O)cc1)C(=O)O)C(=O)O. The summed E-state index contributed by atoms with van der Waals surface area (Å²) in [6.07, 6.45) is -1.12. The normalized spacial score (nSPS) is 15.1.